The van der Waals surface area contributed by atoms with Gasteiger partial charge < -0.3 is 10.3 Å². The average Bonchev–Trinajstić information content (AvgIpc) is 2.86. The topological polar surface area (TPSA) is 34.2 Å². The van der Waals surface area contributed by atoms with E-state index in [0.29, 0.717) is 0 Å². The second kappa shape index (κ2) is 5.98. The van der Waals surface area contributed by atoms with Crippen molar-refractivity contribution in [2.45, 2.75) is 32.9 Å². The van der Waals surface area contributed by atoms with Crippen LogP contribution in [0.5, 0.6) is 0 Å². The van der Waals surface area contributed by atoms with Gasteiger partial charge in [0.05, 0.1) is 0 Å². The number of hydrogen-bond donors (Lipinski definition) is 1. The van der Waals surface area contributed by atoms with Crippen LogP contribution in [0.1, 0.15) is 25.3 Å². The van der Waals surface area contributed by atoms with Crippen LogP contribution >= 0.6 is 0 Å². The molecule has 0 spiro atoms. The summed E-state index contributed by atoms with van der Waals surface area (Å²) in [6.45, 7) is 7.55. The molecule has 0 unspecified atom stereocenters. The maximum absolute atomic E-state index is 5.78. The molecule has 108 valence electrons. The molecule has 0 radical (unpaired) electrons. The zero-order valence-corrected chi connectivity index (χ0v) is 12.4. The van der Waals surface area contributed by atoms with Gasteiger partial charge in [0, 0.05) is 30.2 Å². The first-order valence-electron chi connectivity index (χ1n) is 7.81. The quantitative estimate of drug-likeness (QED) is 0.928. The Hall–Kier alpha value is -1.32. The fraction of sp³-hybridized carbons (Fsp3) is 0.529. The number of fused-ring (bicyclic) bond motifs is 1. The highest BCUT2D eigenvalue weighted by Crippen LogP contribution is 2.24. The van der Waals surface area contributed by atoms with Crippen LogP contribution in [-0.2, 0) is 13.1 Å². The van der Waals surface area contributed by atoms with Crippen LogP contribution in [0.3, 0.4) is 0 Å². The lowest BCUT2D eigenvalue weighted by atomic mass is 9.97. The third kappa shape index (κ3) is 2.60. The number of rotatable bonds is 4. The summed E-state index contributed by atoms with van der Waals surface area (Å²) in [7, 11) is 0. The molecule has 1 aliphatic heterocycles. The lowest BCUT2D eigenvalue weighted by Gasteiger charge is -2.31. The van der Waals surface area contributed by atoms with Gasteiger partial charge in [-0.1, -0.05) is 18.2 Å². The number of likely N-dealkylation sites (tertiary alicyclic amines) is 1. The Morgan fingerprint density at radius 3 is 2.65 bits per heavy atom. The molecule has 2 aromatic rings. The molecule has 1 fully saturated rings. The van der Waals surface area contributed by atoms with Gasteiger partial charge in [0.25, 0.3) is 0 Å². The third-order valence-electron chi connectivity index (χ3n) is 4.65. The number of piperidine rings is 1. The molecule has 0 bridgehead atoms. The molecule has 0 atom stereocenters. The van der Waals surface area contributed by atoms with Crippen LogP contribution in [0.4, 0.5) is 0 Å². The second-order valence-corrected chi connectivity index (χ2v) is 5.91. The van der Waals surface area contributed by atoms with Gasteiger partial charge in [0.15, 0.2) is 0 Å². The summed E-state index contributed by atoms with van der Waals surface area (Å²) in [5, 5.41) is 1.41. The standard InChI is InChI=1S/C17H25N3/c1-2-20-13-15(16-5-3-4-6-17(16)20)12-19-9-7-14(11-18)8-10-19/h3-6,13-14H,2,7-12,18H2,1H3. The summed E-state index contributed by atoms with van der Waals surface area (Å²) in [5.74, 6) is 0.739. The molecule has 2 N–H and O–H groups in total. The molecule has 3 rings (SSSR count). The van der Waals surface area contributed by atoms with Crippen molar-refractivity contribution in [2.24, 2.45) is 11.7 Å². The Morgan fingerprint density at radius 2 is 1.95 bits per heavy atom. The monoisotopic (exact) mass is 271 g/mol. The van der Waals surface area contributed by atoms with E-state index < -0.39 is 0 Å². The lowest BCUT2D eigenvalue weighted by molar-refractivity contribution is 0.181. The van der Waals surface area contributed by atoms with Crippen molar-refractivity contribution in [3.05, 3.63) is 36.0 Å². The summed E-state index contributed by atoms with van der Waals surface area (Å²) in [5.41, 5.74) is 8.60. The number of nitrogens with zero attached hydrogens (tertiary/aromatic N) is 2. The molecule has 0 aliphatic carbocycles. The molecule has 3 heteroatoms. The molecule has 0 saturated carbocycles. The van der Waals surface area contributed by atoms with E-state index in [1.165, 1.54) is 42.4 Å². The fourth-order valence-corrected chi connectivity index (χ4v) is 3.33. The van der Waals surface area contributed by atoms with Crippen molar-refractivity contribution >= 4 is 10.9 Å². The smallest absolute Gasteiger partial charge is 0.0483 e. The summed E-state index contributed by atoms with van der Waals surface area (Å²) in [6, 6.07) is 8.75. The van der Waals surface area contributed by atoms with Gasteiger partial charge in [-0.05, 0) is 56.9 Å². The lowest BCUT2D eigenvalue weighted by Crippen LogP contribution is -2.35. The predicted molar refractivity (Wildman–Crippen MR) is 84.7 cm³/mol. The predicted octanol–water partition coefficient (Wildman–Crippen LogP) is 2.83. The van der Waals surface area contributed by atoms with Crippen LogP contribution < -0.4 is 5.73 Å². The second-order valence-electron chi connectivity index (χ2n) is 5.91. The van der Waals surface area contributed by atoms with Crippen molar-refractivity contribution in [3.63, 3.8) is 0 Å². The molecular formula is C17H25N3. The van der Waals surface area contributed by atoms with Gasteiger partial charge in [-0.25, -0.2) is 0 Å². The zero-order valence-electron chi connectivity index (χ0n) is 12.4. The summed E-state index contributed by atoms with van der Waals surface area (Å²) >= 11 is 0. The van der Waals surface area contributed by atoms with Crippen LogP contribution in [0, 0.1) is 5.92 Å². The molecule has 1 aromatic carbocycles. The van der Waals surface area contributed by atoms with Gasteiger partial charge in [0.2, 0.25) is 0 Å². The van der Waals surface area contributed by atoms with Crippen molar-refractivity contribution in [1.82, 2.24) is 9.47 Å². The van der Waals surface area contributed by atoms with Crippen molar-refractivity contribution in [1.29, 1.82) is 0 Å². The average molecular weight is 271 g/mol. The normalized spacial score (nSPS) is 17.9. The molecule has 2 heterocycles. The summed E-state index contributed by atoms with van der Waals surface area (Å²) in [4.78, 5) is 2.58. The van der Waals surface area contributed by atoms with E-state index >= 15 is 0 Å². The molecular weight excluding hydrogens is 246 g/mol. The van der Waals surface area contributed by atoms with Crippen LogP contribution in [-0.4, -0.2) is 29.1 Å². The van der Waals surface area contributed by atoms with Gasteiger partial charge in [0.1, 0.15) is 0 Å². The van der Waals surface area contributed by atoms with E-state index in [-0.39, 0.29) is 0 Å². The number of para-hydroxylation sites is 1. The van der Waals surface area contributed by atoms with Crippen LogP contribution in [0.25, 0.3) is 10.9 Å². The Balaban J connectivity index is 1.78. The van der Waals surface area contributed by atoms with E-state index in [1.54, 1.807) is 0 Å². The fourth-order valence-electron chi connectivity index (χ4n) is 3.33. The van der Waals surface area contributed by atoms with Gasteiger partial charge in [-0.3, -0.25) is 4.90 Å². The maximum atomic E-state index is 5.78. The van der Waals surface area contributed by atoms with E-state index in [9.17, 15) is 0 Å². The van der Waals surface area contributed by atoms with E-state index in [0.717, 1.165) is 25.6 Å². The largest absolute Gasteiger partial charge is 0.347 e. The number of aryl methyl sites for hydroxylation is 1. The molecule has 3 nitrogen and oxygen atoms in total. The number of nitrogens with two attached hydrogens (primary N) is 1. The van der Waals surface area contributed by atoms with Crippen molar-refractivity contribution in [2.75, 3.05) is 19.6 Å². The first-order chi connectivity index (χ1) is 9.81. The van der Waals surface area contributed by atoms with Crippen molar-refractivity contribution < 1.29 is 0 Å². The van der Waals surface area contributed by atoms with Crippen LogP contribution in [0.2, 0.25) is 0 Å². The summed E-state index contributed by atoms with van der Waals surface area (Å²) < 4.78 is 2.36. The highest BCUT2D eigenvalue weighted by Gasteiger charge is 2.19. The van der Waals surface area contributed by atoms with Gasteiger partial charge in [-0.2, -0.15) is 0 Å². The van der Waals surface area contributed by atoms with E-state index in [1.807, 2.05) is 0 Å². The first-order valence-corrected chi connectivity index (χ1v) is 7.81. The SMILES string of the molecule is CCn1cc(CN2CCC(CN)CC2)c2ccccc21. The first kappa shape index (κ1) is 13.7. The van der Waals surface area contributed by atoms with E-state index in [4.69, 9.17) is 5.73 Å². The Bertz CT molecular complexity index is 565. The van der Waals surface area contributed by atoms with Crippen LogP contribution in [0.15, 0.2) is 30.5 Å². The minimum absolute atomic E-state index is 0.739. The highest BCUT2D eigenvalue weighted by atomic mass is 15.1. The number of benzene rings is 1. The van der Waals surface area contributed by atoms with Crippen molar-refractivity contribution in [3.8, 4) is 0 Å². The summed E-state index contributed by atoms with van der Waals surface area (Å²) in [6.07, 6.45) is 4.84. The zero-order chi connectivity index (χ0) is 13.9. The van der Waals surface area contributed by atoms with Gasteiger partial charge in [-0.15, -0.1) is 0 Å². The number of aromatic nitrogens is 1. The third-order valence-corrected chi connectivity index (χ3v) is 4.65. The molecule has 20 heavy (non-hydrogen) atoms. The molecule has 1 saturated heterocycles. The molecule has 1 aliphatic rings. The maximum Gasteiger partial charge on any atom is 0.0483 e. The van der Waals surface area contributed by atoms with E-state index in [2.05, 4.69) is 46.9 Å². The Kier molecular flexibility index (Phi) is 4.08. The minimum Gasteiger partial charge on any atom is -0.347 e. The Morgan fingerprint density at radius 1 is 1.20 bits per heavy atom. The van der Waals surface area contributed by atoms with Gasteiger partial charge >= 0.3 is 0 Å². The highest BCUT2D eigenvalue weighted by molar-refractivity contribution is 5.83. The molecule has 0 amide bonds. The molecule has 1 aromatic heterocycles. The number of hydrogen-bond acceptors (Lipinski definition) is 2. The minimum atomic E-state index is 0.739. The Labute approximate surface area is 121 Å².